The molecule has 1 N–H and O–H groups in total. The van der Waals surface area contributed by atoms with Crippen LogP contribution in [0, 0.1) is 0 Å². The number of rotatable bonds is 5. The van der Waals surface area contributed by atoms with Gasteiger partial charge in [-0.1, -0.05) is 13.0 Å². The van der Waals surface area contributed by atoms with E-state index in [4.69, 9.17) is 4.74 Å². The third-order valence-corrected chi connectivity index (χ3v) is 5.28. The van der Waals surface area contributed by atoms with Gasteiger partial charge in [0.25, 0.3) is 0 Å². The van der Waals surface area contributed by atoms with Crippen LogP contribution in [0.15, 0.2) is 24.4 Å². The van der Waals surface area contributed by atoms with Gasteiger partial charge in [-0.2, -0.15) is 0 Å². The molecular formula is C17H22N2OS. The Morgan fingerprint density at radius 1 is 1.38 bits per heavy atom. The maximum Gasteiger partial charge on any atom is 0.119 e. The highest BCUT2D eigenvalue weighted by Crippen LogP contribution is 2.26. The van der Waals surface area contributed by atoms with Crippen molar-refractivity contribution in [3.05, 3.63) is 45.4 Å². The van der Waals surface area contributed by atoms with Gasteiger partial charge in [-0.15, -0.1) is 11.3 Å². The van der Waals surface area contributed by atoms with E-state index in [-0.39, 0.29) is 0 Å². The van der Waals surface area contributed by atoms with Crippen LogP contribution in [0.2, 0.25) is 0 Å². The van der Waals surface area contributed by atoms with Crippen LogP contribution in [-0.4, -0.2) is 18.1 Å². The number of aromatic nitrogens is 1. The first-order valence-electron chi connectivity index (χ1n) is 7.61. The van der Waals surface area contributed by atoms with Crippen LogP contribution in [0.3, 0.4) is 0 Å². The summed E-state index contributed by atoms with van der Waals surface area (Å²) in [6, 6.07) is 6.99. The van der Waals surface area contributed by atoms with Crippen LogP contribution in [0.4, 0.5) is 0 Å². The van der Waals surface area contributed by atoms with Crippen molar-refractivity contribution in [3.8, 4) is 5.75 Å². The highest BCUT2D eigenvalue weighted by atomic mass is 32.1. The van der Waals surface area contributed by atoms with Crippen molar-refractivity contribution in [2.75, 3.05) is 7.11 Å². The molecule has 21 heavy (non-hydrogen) atoms. The average Bonchev–Trinajstić information content (AvgIpc) is 3.00. The summed E-state index contributed by atoms with van der Waals surface area (Å²) in [4.78, 5) is 5.85. The van der Waals surface area contributed by atoms with Gasteiger partial charge in [-0.05, 0) is 48.9 Å². The van der Waals surface area contributed by atoms with Crippen molar-refractivity contribution in [3.63, 3.8) is 0 Å². The Bertz CT molecular complexity index is 609. The van der Waals surface area contributed by atoms with Gasteiger partial charge < -0.3 is 10.1 Å². The molecule has 0 spiro atoms. The molecular weight excluding hydrogens is 280 g/mol. The molecule has 0 aliphatic heterocycles. The zero-order valence-electron chi connectivity index (χ0n) is 12.7. The van der Waals surface area contributed by atoms with Gasteiger partial charge in [-0.25, -0.2) is 4.98 Å². The van der Waals surface area contributed by atoms with Gasteiger partial charge in [0, 0.05) is 23.7 Å². The average molecular weight is 302 g/mol. The number of fused-ring (bicyclic) bond motifs is 1. The molecule has 4 heteroatoms. The van der Waals surface area contributed by atoms with Crippen molar-refractivity contribution >= 4 is 11.3 Å². The fourth-order valence-electron chi connectivity index (χ4n) is 2.86. The monoisotopic (exact) mass is 302 g/mol. The summed E-state index contributed by atoms with van der Waals surface area (Å²) in [7, 11) is 1.73. The lowest BCUT2D eigenvalue weighted by Crippen LogP contribution is -2.34. The van der Waals surface area contributed by atoms with E-state index in [0.717, 1.165) is 31.6 Å². The van der Waals surface area contributed by atoms with E-state index in [9.17, 15) is 0 Å². The third kappa shape index (κ3) is 3.44. The number of nitrogens with zero attached hydrogens (tertiary/aromatic N) is 1. The Hall–Kier alpha value is -1.39. The number of ether oxygens (including phenoxy) is 1. The van der Waals surface area contributed by atoms with Crippen molar-refractivity contribution in [2.45, 2.75) is 45.2 Å². The molecule has 1 aliphatic carbocycles. The first kappa shape index (κ1) is 14.5. The van der Waals surface area contributed by atoms with Crippen molar-refractivity contribution < 1.29 is 4.74 Å². The van der Waals surface area contributed by atoms with E-state index in [2.05, 4.69) is 35.4 Å². The minimum atomic E-state index is 0.540. The van der Waals surface area contributed by atoms with E-state index in [0.29, 0.717) is 6.04 Å². The topological polar surface area (TPSA) is 34.2 Å². The molecule has 1 heterocycles. The van der Waals surface area contributed by atoms with Gasteiger partial charge >= 0.3 is 0 Å². The highest BCUT2D eigenvalue weighted by Gasteiger charge is 2.19. The van der Waals surface area contributed by atoms with E-state index in [1.54, 1.807) is 7.11 Å². The SMILES string of the molecule is CCc1cnc(CNC2CCc3ccc(OC)cc3C2)s1. The van der Waals surface area contributed by atoms with Crippen LogP contribution in [0.25, 0.3) is 0 Å². The molecule has 112 valence electrons. The molecule has 1 atom stereocenters. The maximum atomic E-state index is 5.33. The molecule has 0 bridgehead atoms. The number of methoxy groups -OCH3 is 1. The second-order valence-corrected chi connectivity index (χ2v) is 6.73. The number of benzene rings is 1. The van der Waals surface area contributed by atoms with Crippen molar-refractivity contribution in [1.82, 2.24) is 10.3 Å². The molecule has 0 saturated carbocycles. The number of nitrogens with one attached hydrogen (secondary N) is 1. The first-order chi connectivity index (χ1) is 10.3. The van der Waals surface area contributed by atoms with E-state index in [1.807, 2.05) is 17.5 Å². The predicted molar refractivity (Wildman–Crippen MR) is 87.1 cm³/mol. The second-order valence-electron chi connectivity index (χ2n) is 5.53. The minimum Gasteiger partial charge on any atom is -0.497 e. The summed E-state index contributed by atoms with van der Waals surface area (Å²) in [6.45, 7) is 3.06. The lowest BCUT2D eigenvalue weighted by molar-refractivity contribution is 0.411. The predicted octanol–water partition coefficient (Wildman–Crippen LogP) is 3.36. The Morgan fingerprint density at radius 3 is 3.05 bits per heavy atom. The lowest BCUT2D eigenvalue weighted by Gasteiger charge is -2.25. The summed E-state index contributed by atoms with van der Waals surface area (Å²) in [5.74, 6) is 0.960. The molecule has 0 fully saturated rings. The van der Waals surface area contributed by atoms with Crippen LogP contribution in [0.1, 0.15) is 34.4 Å². The molecule has 1 aliphatic rings. The largest absolute Gasteiger partial charge is 0.497 e. The van der Waals surface area contributed by atoms with Crippen LogP contribution >= 0.6 is 11.3 Å². The van der Waals surface area contributed by atoms with E-state index < -0.39 is 0 Å². The number of hydrogen-bond acceptors (Lipinski definition) is 4. The van der Waals surface area contributed by atoms with Gasteiger partial charge in [0.1, 0.15) is 10.8 Å². The molecule has 3 rings (SSSR count). The Balaban J connectivity index is 1.60. The van der Waals surface area contributed by atoms with Gasteiger partial charge in [-0.3, -0.25) is 0 Å². The van der Waals surface area contributed by atoms with E-state index in [1.165, 1.54) is 27.4 Å². The zero-order chi connectivity index (χ0) is 14.7. The van der Waals surface area contributed by atoms with Crippen molar-refractivity contribution in [2.24, 2.45) is 0 Å². The van der Waals surface area contributed by atoms with Crippen molar-refractivity contribution in [1.29, 1.82) is 0 Å². The van der Waals surface area contributed by atoms with Gasteiger partial charge in [0.15, 0.2) is 0 Å². The molecule has 1 aromatic carbocycles. The zero-order valence-corrected chi connectivity index (χ0v) is 13.5. The normalized spacial score (nSPS) is 17.5. The summed E-state index contributed by atoms with van der Waals surface area (Å²) in [6.07, 6.45) is 6.51. The quantitative estimate of drug-likeness (QED) is 0.919. The number of hydrogen-bond donors (Lipinski definition) is 1. The summed E-state index contributed by atoms with van der Waals surface area (Å²) in [5.41, 5.74) is 2.89. The molecule has 3 nitrogen and oxygen atoms in total. The molecule has 0 amide bonds. The van der Waals surface area contributed by atoms with Crippen LogP contribution < -0.4 is 10.1 Å². The van der Waals surface area contributed by atoms with Gasteiger partial charge in [0.05, 0.1) is 7.11 Å². The Kier molecular flexibility index (Phi) is 4.56. The smallest absolute Gasteiger partial charge is 0.119 e. The fourth-order valence-corrected chi connectivity index (χ4v) is 3.67. The fraction of sp³-hybridized carbons (Fsp3) is 0.471. The minimum absolute atomic E-state index is 0.540. The molecule has 1 aromatic heterocycles. The van der Waals surface area contributed by atoms with Crippen LogP contribution in [0.5, 0.6) is 5.75 Å². The number of thiazole rings is 1. The highest BCUT2D eigenvalue weighted by molar-refractivity contribution is 7.11. The first-order valence-corrected chi connectivity index (χ1v) is 8.43. The van der Waals surface area contributed by atoms with Crippen LogP contribution in [-0.2, 0) is 25.8 Å². The summed E-state index contributed by atoms with van der Waals surface area (Å²) < 4.78 is 5.33. The van der Waals surface area contributed by atoms with E-state index >= 15 is 0 Å². The third-order valence-electron chi connectivity index (χ3n) is 4.13. The number of aryl methyl sites for hydroxylation is 2. The Labute approximate surface area is 130 Å². The van der Waals surface area contributed by atoms with Gasteiger partial charge in [0.2, 0.25) is 0 Å². The Morgan fingerprint density at radius 2 is 2.29 bits per heavy atom. The standard InChI is InChI=1S/C17H22N2OS/c1-3-16-10-19-17(21-16)11-18-14-6-4-12-5-7-15(20-2)9-13(12)8-14/h5,7,9-10,14,18H,3-4,6,8,11H2,1-2H3. The molecule has 2 aromatic rings. The summed E-state index contributed by atoms with van der Waals surface area (Å²) in [5, 5.41) is 4.86. The lowest BCUT2D eigenvalue weighted by atomic mass is 9.88. The second kappa shape index (κ2) is 6.58. The molecule has 0 radical (unpaired) electrons. The molecule has 1 unspecified atom stereocenters. The maximum absolute atomic E-state index is 5.33. The molecule has 0 saturated heterocycles. The summed E-state index contributed by atoms with van der Waals surface area (Å²) >= 11 is 1.82.